The Hall–Kier alpha value is -3.13. The minimum absolute atomic E-state index is 0.0705. The van der Waals surface area contributed by atoms with Gasteiger partial charge in [-0.25, -0.2) is 9.59 Å². The van der Waals surface area contributed by atoms with Gasteiger partial charge in [-0.3, -0.25) is 4.79 Å². The van der Waals surface area contributed by atoms with Gasteiger partial charge in [0, 0.05) is 22.5 Å². The molecular weight excluding hydrogens is 454 g/mol. The number of carbonyl (C=O) groups is 2. The molecule has 1 amide bonds. The van der Waals surface area contributed by atoms with E-state index in [1.807, 2.05) is 19.9 Å². The van der Waals surface area contributed by atoms with Gasteiger partial charge in [0.05, 0.1) is 0 Å². The van der Waals surface area contributed by atoms with Gasteiger partial charge < -0.3 is 19.2 Å². The number of aryl methyl sites for hydroxylation is 1. The molecule has 7 nitrogen and oxygen atoms in total. The largest absolute Gasteiger partial charge is 0.482 e. The van der Waals surface area contributed by atoms with Crippen molar-refractivity contribution < 1.29 is 23.5 Å². The average Bonchev–Trinajstić information content (AvgIpc) is 2.72. The Kier molecular flexibility index (Phi) is 6.89. The molecule has 2 aromatic carbocycles. The van der Waals surface area contributed by atoms with E-state index >= 15 is 0 Å². The molecule has 0 spiro atoms. The highest BCUT2D eigenvalue weighted by molar-refractivity contribution is 9.10. The molecule has 0 aliphatic heterocycles. The minimum Gasteiger partial charge on any atom is -0.482 e. The van der Waals surface area contributed by atoms with Crippen LogP contribution < -0.4 is 20.4 Å². The number of esters is 1. The first-order chi connectivity index (χ1) is 14.4. The van der Waals surface area contributed by atoms with Crippen molar-refractivity contribution in [3.05, 3.63) is 68.5 Å². The Labute approximate surface area is 181 Å². The smallest absolute Gasteiger partial charge is 0.349 e. The lowest BCUT2D eigenvalue weighted by Gasteiger charge is -2.09. The summed E-state index contributed by atoms with van der Waals surface area (Å²) in [5.41, 5.74) is 0.363. The third-order valence-corrected chi connectivity index (χ3v) is 5.10. The molecule has 3 rings (SSSR count). The zero-order valence-electron chi connectivity index (χ0n) is 16.5. The highest BCUT2D eigenvalue weighted by Crippen LogP contribution is 2.23. The summed E-state index contributed by atoms with van der Waals surface area (Å²) in [4.78, 5) is 36.3. The van der Waals surface area contributed by atoms with E-state index in [1.54, 1.807) is 24.3 Å². The Morgan fingerprint density at radius 3 is 2.60 bits per heavy atom. The minimum atomic E-state index is -0.756. The summed E-state index contributed by atoms with van der Waals surface area (Å²) in [5.74, 6) is -0.336. The van der Waals surface area contributed by atoms with Crippen LogP contribution in [0.3, 0.4) is 0 Å². The molecule has 0 fully saturated rings. The fraction of sp³-hybridized carbons (Fsp3) is 0.227. The second-order valence-corrected chi connectivity index (χ2v) is 7.43. The van der Waals surface area contributed by atoms with Crippen LogP contribution in [0, 0.1) is 6.92 Å². The van der Waals surface area contributed by atoms with Gasteiger partial charge in [0.1, 0.15) is 22.6 Å². The van der Waals surface area contributed by atoms with Crippen LogP contribution in [0.2, 0.25) is 0 Å². The molecule has 1 heterocycles. The number of hydrogen-bond donors (Lipinski definition) is 1. The third kappa shape index (κ3) is 5.27. The molecule has 156 valence electrons. The molecule has 0 unspecified atom stereocenters. The second kappa shape index (κ2) is 9.58. The van der Waals surface area contributed by atoms with Gasteiger partial charge in [0.2, 0.25) is 0 Å². The van der Waals surface area contributed by atoms with E-state index in [1.165, 1.54) is 12.1 Å². The van der Waals surface area contributed by atoms with Crippen LogP contribution in [0.15, 0.2) is 56.1 Å². The molecule has 30 heavy (non-hydrogen) atoms. The summed E-state index contributed by atoms with van der Waals surface area (Å²) in [5, 5.41) is 3.18. The second-order valence-electron chi connectivity index (χ2n) is 6.58. The fourth-order valence-corrected chi connectivity index (χ4v) is 2.90. The van der Waals surface area contributed by atoms with Crippen LogP contribution >= 0.6 is 15.9 Å². The standard InChI is InChI=1S/C22H20BrNO6/c1-3-8-24-21(26)17-10-14-4-5-16(11-19(14)30-22(17)27)29-20(25)12-28-15-6-7-18(23)13(2)9-15/h4-7,9-11H,3,8,12H2,1-2H3,(H,24,26). The molecule has 3 aromatic rings. The first kappa shape index (κ1) is 21.6. The number of ether oxygens (including phenoxy) is 2. The van der Waals surface area contributed by atoms with E-state index in [-0.39, 0.29) is 23.5 Å². The maximum absolute atomic E-state index is 12.1. The van der Waals surface area contributed by atoms with Gasteiger partial charge in [-0.05, 0) is 55.3 Å². The van der Waals surface area contributed by atoms with E-state index in [0.717, 1.165) is 16.5 Å². The zero-order chi connectivity index (χ0) is 21.7. The lowest BCUT2D eigenvalue weighted by Crippen LogP contribution is -2.28. The fourth-order valence-electron chi connectivity index (χ4n) is 2.66. The number of fused-ring (bicyclic) bond motifs is 1. The van der Waals surface area contributed by atoms with Crippen LogP contribution in [-0.2, 0) is 4.79 Å². The summed E-state index contributed by atoms with van der Waals surface area (Å²) >= 11 is 3.40. The monoisotopic (exact) mass is 473 g/mol. The molecule has 0 radical (unpaired) electrons. The molecule has 8 heteroatoms. The summed E-state index contributed by atoms with van der Waals surface area (Å²) in [6, 6.07) is 11.4. The van der Waals surface area contributed by atoms with Gasteiger partial charge in [-0.1, -0.05) is 22.9 Å². The van der Waals surface area contributed by atoms with Crippen molar-refractivity contribution in [1.29, 1.82) is 0 Å². The van der Waals surface area contributed by atoms with Gasteiger partial charge in [-0.2, -0.15) is 0 Å². The summed E-state index contributed by atoms with van der Waals surface area (Å²) in [6.45, 7) is 4.01. The molecule has 1 N–H and O–H groups in total. The Bertz CT molecular complexity index is 1150. The predicted molar refractivity (Wildman–Crippen MR) is 115 cm³/mol. The number of benzene rings is 2. The third-order valence-electron chi connectivity index (χ3n) is 4.21. The van der Waals surface area contributed by atoms with Gasteiger partial charge in [-0.15, -0.1) is 0 Å². The van der Waals surface area contributed by atoms with E-state index in [0.29, 0.717) is 17.7 Å². The van der Waals surface area contributed by atoms with Crippen LogP contribution in [0.4, 0.5) is 0 Å². The number of amides is 1. The van der Waals surface area contributed by atoms with E-state index in [2.05, 4.69) is 21.2 Å². The molecule has 0 bridgehead atoms. The van der Waals surface area contributed by atoms with Gasteiger partial charge >= 0.3 is 11.6 Å². The Morgan fingerprint density at radius 2 is 1.87 bits per heavy atom. The molecular formula is C22H20BrNO6. The number of rotatable bonds is 7. The maximum atomic E-state index is 12.1. The maximum Gasteiger partial charge on any atom is 0.349 e. The average molecular weight is 474 g/mol. The van der Waals surface area contributed by atoms with E-state index < -0.39 is 17.5 Å². The van der Waals surface area contributed by atoms with Crippen molar-refractivity contribution in [2.75, 3.05) is 13.2 Å². The Balaban J connectivity index is 1.69. The molecule has 0 aliphatic carbocycles. The van der Waals surface area contributed by atoms with Gasteiger partial charge in [0.15, 0.2) is 6.61 Å². The van der Waals surface area contributed by atoms with Crippen molar-refractivity contribution in [2.45, 2.75) is 20.3 Å². The number of halogens is 1. The van der Waals surface area contributed by atoms with Crippen molar-refractivity contribution in [1.82, 2.24) is 5.32 Å². The zero-order valence-corrected chi connectivity index (χ0v) is 18.1. The number of hydrogen-bond acceptors (Lipinski definition) is 6. The van der Waals surface area contributed by atoms with Crippen LogP contribution in [0.5, 0.6) is 11.5 Å². The lowest BCUT2D eigenvalue weighted by atomic mass is 10.1. The number of nitrogens with one attached hydrogen (secondary N) is 1. The first-order valence-corrected chi connectivity index (χ1v) is 10.1. The molecule has 1 aromatic heterocycles. The topological polar surface area (TPSA) is 94.8 Å². The summed E-state index contributed by atoms with van der Waals surface area (Å²) in [7, 11) is 0. The molecule has 0 aliphatic rings. The summed E-state index contributed by atoms with van der Waals surface area (Å²) < 4.78 is 16.9. The van der Waals surface area contributed by atoms with E-state index in [4.69, 9.17) is 13.9 Å². The SMILES string of the molecule is CCCNC(=O)c1cc2ccc(OC(=O)COc3ccc(Br)c(C)c3)cc2oc1=O. The molecule has 0 atom stereocenters. The van der Waals surface area contributed by atoms with Crippen molar-refractivity contribution >= 4 is 38.8 Å². The Morgan fingerprint density at radius 1 is 1.10 bits per heavy atom. The van der Waals surface area contributed by atoms with Crippen molar-refractivity contribution in [2.24, 2.45) is 0 Å². The highest BCUT2D eigenvalue weighted by Gasteiger charge is 2.14. The van der Waals surface area contributed by atoms with Gasteiger partial charge in [0.25, 0.3) is 5.91 Å². The molecule has 0 saturated heterocycles. The quantitative estimate of drug-likeness (QED) is 0.316. The normalized spacial score (nSPS) is 10.6. The number of carbonyl (C=O) groups excluding carboxylic acids is 2. The van der Waals surface area contributed by atoms with Crippen molar-refractivity contribution in [3.8, 4) is 11.5 Å². The molecule has 0 saturated carbocycles. The first-order valence-electron chi connectivity index (χ1n) is 9.33. The van der Waals surface area contributed by atoms with Crippen molar-refractivity contribution in [3.63, 3.8) is 0 Å². The summed E-state index contributed by atoms with van der Waals surface area (Å²) in [6.07, 6.45) is 0.754. The van der Waals surface area contributed by atoms with Crippen LogP contribution in [-0.4, -0.2) is 25.0 Å². The van der Waals surface area contributed by atoms with Crippen LogP contribution in [0.25, 0.3) is 11.0 Å². The predicted octanol–water partition coefficient (Wildman–Crippen LogP) is 3.99. The highest BCUT2D eigenvalue weighted by atomic mass is 79.9. The van der Waals surface area contributed by atoms with Crippen LogP contribution in [0.1, 0.15) is 29.3 Å². The van der Waals surface area contributed by atoms with E-state index in [9.17, 15) is 14.4 Å². The lowest BCUT2D eigenvalue weighted by molar-refractivity contribution is -0.136.